The summed E-state index contributed by atoms with van der Waals surface area (Å²) >= 11 is 6.33. The molecule has 1 spiro atoms. The number of amides is 3. The fourth-order valence-corrected chi connectivity index (χ4v) is 6.61. The van der Waals surface area contributed by atoms with Gasteiger partial charge >= 0.3 is 0 Å². The summed E-state index contributed by atoms with van der Waals surface area (Å²) in [6.45, 7) is 4.66. The predicted octanol–water partition coefficient (Wildman–Crippen LogP) is 4.70. The minimum atomic E-state index is -0.891. The van der Waals surface area contributed by atoms with Crippen LogP contribution in [0.1, 0.15) is 61.4 Å². The molecule has 0 aromatic heterocycles. The Morgan fingerprint density at radius 2 is 1.82 bits per heavy atom. The van der Waals surface area contributed by atoms with Gasteiger partial charge in [-0.2, -0.15) is 0 Å². The lowest BCUT2D eigenvalue weighted by Crippen LogP contribution is -2.75. The van der Waals surface area contributed by atoms with E-state index in [0.29, 0.717) is 61.1 Å². The van der Waals surface area contributed by atoms with Crippen molar-refractivity contribution in [1.82, 2.24) is 20.4 Å². The molecule has 2 aromatic rings. The van der Waals surface area contributed by atoms with Gasteiger partial charge in [0.15, 0.2) is 0 Å². The van der Waals surface area contributed by atoms with Gasteiger partial charge in [0.25, 0.3) is 5.91 Å². The summed E-state index contributed by atoms with van der Waals surface area (Å²) in [5.41, 5.74) is 0.683. The van der Waals surface area contributed by atoms with Crippen molar-refractivity contribution in [2.24, 2.45) is 5.92 Å². The molecule has 2 saturated heterocycles. The molecule has 44 heavy (non-hydrogen) atoms. The number of aliphatic hydroxyl groups is 1. The fraction of sp³-hybridized carbons (Fsp3) is 0.485. The number of rotatable bonds is 10. The Morgan fingerprint density at radius 3 is 2.43 bits per heavy atom. The number of benzene rings is 2. The van der Waals surface area contributed by atoms with Crippen LogP contribution in [0.25, 0.3) is 0 Å². The van der Waals surface area contributed by atoms with Crippen molar-refractivity contribution in [3.8, 4) is 11.5 Å². The maximum atomic E-state index is 13.7. The van der Waals surface area contributed by atoms with Gasteiger partial charge < -0.3 is 25.4 Å². The van der Waals surface area contributed by atoms with Gasteiger partial charge in [0.05, 0.1) is 11.1 Å². The maximum Gasteiger partial charge on any atom is 0.251 e. The van der Waals surface area contributed by atoms with Gasteiger partial charge in [0, 0.05) is 38.8 Å². The molecular formula is C33H42Cl2N4O5. The van der Waals surface area contributed by atoms with E-state index in [0.717, 1.165) is 31.2 Å². The van der Waals surface area contributed by atoms with Crippen LogP contribution in [0.4, 0.5) is 0 Å². The zero-order chi connectivity index (χ0) is 30.6. The Morgan fingerprint density at radius 1 is 1.14 bits per heavy atom. The average molecular weight is 646 g/mol. The number of aliphatic hydroxyl groups excluding tert-OH is 1. The molecule has 3 aliphatic rings. The van der Waals surface area contributed by atoms with E-state index in [4.69, 9.17) is 16.3 Å². The number of nitrogens with one attached hydrogen (secondary N) is 2. The van der Waals surface area contributed by atoms with Gasteiger partial charge in [0.2, 0.25) is 11.8 Å². The summed E-state index contributed by atoms with van der Waals surface area (Å²) in [7, 11) is 1.57. The highest BCUT2D eigenvalue weighted by Crippen LogP contribution is 2.36. The van der Waals surface area contributed by atoms with Crippen molar-refractivity contribution < 1.29 is 24.2 Å². The lowest BCUT2D eigenvalue weighted by atomic mass is 9.79. The van der Waals surface area contributed by atoms with Crippen LogP contribution in [-0.4, -0.2) is 77.0 Å². The molecule has 2 fully saturated rings. The monoisotopic (exact) mass is 644 g/mol. The van der Waals surface area contributed by atoms with E-state index in [1.54, 1.807) is 30.1 Å². The number of hydrogen-bond acceptors (Lipinski definition) is 6. The molecular weight excluding hydrogens is 603 g/mol. The number of allylic oxidation sites excluding steroid dienone is 2. The molecule has 3 amide bonds. The second-order valence-corrected chi connectivity index (χ2v) is 12.2. The van der Waals surface area contributed by atoms with Crippen molar-refractivity contribution >= 4 is 41.7 Å². The largest absolute Gasteiger partial charge is 0.456 e. The number of piperidine rings is 1. The molecule has 2 atom stereocenters. The molecule has 238 valence electrons. The van der Waals surface area contributed by atoms with Crippen molar-refractivity contribution in [3.05, 3.63) is 70.8 Å². The van der Waals surface area contributed by atoms with Crippen LogP contribution in [0.15, 0.2) is 54.6 Å². The third kappa shape index (κ3) is 7.07. The Bertz CT molecular complexity index is 1350. The first-order valence-corrected chi connectivity index (χ1v) is 15.6. The highest BCUT2D eigenvalue weighted by atomic mass is 35.5. The second kappa shape index (κ2) is 14.8. The summed E-state index contributed by atoms with van der Waals surface area (Å²) in [6, 6.07) is 11.8. The molecule has 1 aliphatic carbocycles. The van der Waals surface area contributed by atoms with Crippen LogP contribution >= 0.6 is 24.0 Å². The van der Waals surface area contributed by atoms with Gasteiger partial charge in [0.1, 0.15) is 23.1 Å². The van der Waals surface area contributed by atoms with E-state index < -0.39 is 17.7 Å². The van der Waals surface area contributed by atoms with Gasteiger partial charge in [-0.1, -0.05) is 49.2 Å². The first kappa shape index (κ1) is 33.8. The summed E-state index contributed by atoms with van der Waals surface area (Å²) in [5, 5.41) is 16.9. The highest BCUT2D eigenvalue weighted by Gasteiger charge is 2.55. The first-order valence-electron chi connectivity index (χ1n) is 15.2. The molecule has 3 N–H and O–H groups in total. The summed E-state index contributed by atoms with van der Waals surface area (Å²) in [6.07, 6.45) is 7.45. The quantitative estimate of drug-likeness (QED) is 0.323. The van der Waals surface area contributed by atoms with E-state index in [1.807, 2.05) is 36.4 Å². The lowest BCUT2D eigenvalue weighted by molar-refractivity contribution is -0.165. The van der Waals surface area contributed by atoms with Crippen molar-refractivity contribution in [1.29, 1.82) is 0 Å². The lowest BCUT2D eigenvalue weighted by Gasteiger charge is -2.52. The number of nitrogens with zero attached hydrogens (tertiary/aromatic N) is 2. The Balaban J connectivity index is 0.00000442. The molecule has 2 aromatic carbocycles. The van der Waals surface area contributed by atoms with E-state index in [-0.39, 0.29) is 36.0 Å². The van der Waals surface area contributed by atoms with Gasteiger partial charge in [-0.15, -0.1) is 12.4 Å². The van der Waals surface area contributed by atoms with E-state index in [1.165, 1.54) is 0 Å². The molecule has 9 nitrogen and oxygen atoms in total. The fourth-order valence-electron chi connectivity index (χ4n) is 6.40. The molecule has 0 unspecified atom stereocenters. The number of carbonyl (C=O) groups excluding carboxylic acids is 3. The molecule has 2 heterocycles. The van der Waals surface area contributed by atoms with Gasteiger partial charge in [-0.3, -0.25) is 19.3 Å². The van der Waals surface area contributed by atoms with E-state index in [2.05, 4.69) is 22.5 Å². The normalized spacial score (nSPS) is 20.7. The zero-order valence-corrected chi connectivity index (χ0v) is 26.8. The van der Waals surface area contributed by atoms with Crippen molar-refractivity contribution in [3.63, 3.8) is 0 Å². The number of unbranched alkanes of at least 4 members (excludes halogenated alkanes) is 1. The van der Waals surface area contributed by atoms with Crippen LogP contribution in [0, 0.1) is 5.92 Å². The number of piperazine rings is 1. The summed E-state index contributed by atoms with van der Waals surface area (Å²) in [5.74, 6) is 0.546. The van der Waals surface area contributed by atoms with Gasteiger partial charge in [-0.05, 0) is 73.9 Å². The molecule has 5 rings (SSSR count). The second-order valence-electron chi connectivity index (χ2n) is 11.8. The number of halogens is 2. The Hall–Kier alpha value is -3.11. The van der Waals surface area contributed by atoms with E-state index in [9.17, 15) is 19.5 Å². The van der Waals surface area contributed by atoms with Crippen LogP contribution in [0.2, 0.25) is 5.02 Å². The molecule has 11 heteroatoms. The zero-order valence-electron chi connectivity index (χ0n) is 25.3. The van der Waals surface area contributed by atoms with Crippen LogP contribution in [-0.2, 0) is 16.1 Å². The standard InChI is InChI=1S/C33H41ClN4O5.ClH/c1-3-4-17-38-31(41)28(29(39)23-7-5-6-8-23)36-32(42)33(38)15-18-37(19-16-33)21-22-9-12-25(13-10-22)43-27-14-11-24(20-26(27)34)30(40)35-2;/h5-6,9-14,20,23,28-29,39H,3-4,7-8,15-19,21H2,1-2H3,(H,35,40)(H,36,42);1H/t28-,29-;/m1./s1. The maximum absolute atomic E-state index is 13.7. The number of likely N-dealkylation sites (tertiary alicyclic amines) is 1. The molecule has 0 radical (unpaired) electrons. The third-order valence-electron chi connectivity index (χ3n) is 9.02. The number of hydrogen-bond donors (Lipinski definition) is 3. The Labute approximate surface area is 270 Å². The van der Waals surface area contributed by atoms with Gasteiger partial charge in [-0.25, -0.2) is 0 Å². The van der Waals surface area contributed by atoms with Crippen LogP contribution in [0.5, 0.6) is 11.5 Å². The third-order valence-corrected chi connectivity index (χ3v) is 9.32. The van der Waals surface area contributed by atoms with Crippen LogP contribution in [0.3, 0.4) is 0 Å². The number of ether oxygens (including phenoxy) is 1. The summed E-state index contributed by atoms with van der Waals surface area (Å²) in [4.78, 5) is 43.3. The minimum Gasteiger partial charge on any atom is -0.456 e. The average Bonchev–Trinajstić information content (AvgIpc) is 3.56. The Kier molecular flexibility index (Phi) is 11.3. The topological polar surface area (TPSA) is 111 Å². The molecule has 2 aliphatic heterocycles. The highest BCUT2D eigenvalue weighted by molar-refractivity contribution is 6.32. The first-order chi connectivity index (χ1) is 20.8. The van der Waals surface area contributed by atoms with E-state index >= 15 is 0 Å². The molecule has 0 bridgehead atoms. The SMILES string of the molecule is CCCCN1C(=O)[C@@H]([C@H](O)C2CC=CC2)NC(=O)C12CCN(Cc1ccc(Oc3ccc(C(=O)NC)cc3Cl)cc1)CC2.Cl. The van der Waals surface area contributed by atoms with Crippen molar-refractivity contribution in [2.45, 2.75) is 69.7 Å². The summed E-state index contributed by atoms with van der Waals surface area (Å²) < 4.78 is 5.94. The molecule has 0 saturated carbocycles. The smallest absolute Gasteiger partial charge is 0.251 e. The van der Waals surface area contributed by atoms with Crippen LogP contribution < -0.4 is 15.4 Å². The predicted molar refractivity (Wildman–Crippen MR) is 172 cm³/mol. The number of carbonyl (C=O) groups is 3. The van der Waals surface area contributed by atoms with Crippen molar-refractivity contribution in [2.75, 3.05) is 26.7 Å². The minimum absolute atomic E-state index is 0.